The average Bonchev–Trinajstić information content (AvgIpc) is 3.49. The number of epoxide rings is 1. The smallest absolute Gasteiger partial charge is 0.121 e. The van der Waals surface area contributed by atoms with Gasteiger partial charge < -0.3 is 14.9 Å². The quantitative estimate of drug-likeness (QED) is 0.198. The van der Waals surface area contributed by atoms with Crippen LogP contribution in [-0.4, -0.2) is 33.6 Å². The van der Waals surface area contributed by atoms with Gasteiger partial charge in [-0.3, -0.25) is 0 Å². The maximum Gasteiger partial charge on any atom is 0.121 e. The van der Waals surface area contributed by atoms with Gasteiger partial charge in [0.15, 0.2) is 0 Å². The normalized spacial score (nSPS) is 32.3. The molecule has 1 saturated carbocycles. The van der Waals surface area contributed by atoms with E-state index in [4.69, 9.17) is 4.74 Å². The van der Waals surface area contributed by atoms with E-state index in [0.29, 0.717) is 6.42 Å². The fraction of sp³-hybridized carbons (Fsp3) is 0.500. The molecule has 234 valence electrons. The molecule has 0 radical (unpaired) electrons. The van der Waals surface area contributed by atoms with Crippen molar-refractivity contribution in [2.75, 3.05) is 0 Å². The predicted molar refractivity (Wildman–Crippen MR) is 184 cm³/mol. The lowest BCUT2D eigenvalue weighted by atomic mass is 9.63. The van der Waals surface area contributed by atoms with Crippen LogP contribution in [0.1, 0.15) is 94.9 Å². The Morgan fingerprint density at radius 1 is 0.674 bits per heavy atom. The Hall–Kier alpha value is -2.72. The Balaban J connectivity index is 1.50. The minimum absolute atomic E-state index is 0.00262. The van der Waals surface area contributed by atoms with Gasteiger partial charge >= 0.3 is 0 Å². The van der Waals surface area contributed by atoms with Gasteiger partial charge in [-0.15, -0.1) is 0 Å². The van der Waals surface area contributed by atoms with Gasteiger partial charge in [0.25, 0.3) is 0 Å². The molecule has 0 unspecified atom stereocenters. The molecule has 43 heavy (non-hydrogen) atoms. The van der Waals surface area contributed by atoms with E-state index in [1.165, 1.54) is 33.4 Å². The highest BCUT2D eigenvalue weighted by atomic mass is 16.6. The van der Waals surface area contributed by atoms with Gasteiger partial charge in [0.05, 0.1) is 12.2 Å². The summed E-state index contributed by atoms with van der Waals surface area (Å²) in [6, 6.07) is 0. The Kier molecular flexibility index (Phi) is 11.3. The highest BCUT2D eigenvalue weighted by Crippen LogP contribution is 2.66. The lowest BCUT2D eigenvalue weighted by molar-refractivity contribution is 0.0515. The second-order valence-corrected chi connectivity index (χ2v) is 14.6. The molecule has 1 aliphatic heterocycles. The number of hydrogen-bond donors (Lipinski definition) is 2. The average molecular weight is 585 g/mol. The van der Waals surface area contributed by atoms with E-state index >= 15 is 0 Å². The molecular weight excluding hydrogens is 528 g/mol. The highest BCUT2D eigenvalue weighted by Gasteiger charge is 2.74. The Bertz CT molecular complexity index is 1330. The van der Waals surface area contributed by atoms with Crippen LogP contribution in [0.4, 0.5) is 0 Å². The molecule has 1 saturated heterocycles. The molecule has 0 bridgehead atoms. The molecule has 4 atom stereocenters. The summed E-state index contributed by atoms with van der Waals surface area (Å²) in [5.41, 5.74) is 6.71. The summed E-state index contributed by atoms with van der Waals surface area (Å²) in [4.78, 5) is 0. The van der Waals surface area contributed by atoms with Gasteiger partial charge in [-0.25, -0.2) is 0 Å². The van der Waals surface area contributed by atoms with E-state index in [9.17, 15) is 10.2 Å². The van der Waals surface area contributed by atoms with Crippen LogP contribution in [0.25, 0.3) is 0 Å². The SMILES string of the molecule is CC1=C(/C=C/C(C)=C\C=C\C(C)=C/C=C/C=C(C)\C=C\C=C(C)/C=C/[C@@]23O[C@]2(C)C[C@@H](O)CC3(C)C)C(C)(C)C[C@H](O)C1. The molecule has 0 aromatic heterocycles. The van der Waals surface area contributed by atoms with Crippen LogP contribution in [0.3, 0.4) is 0 Å². The minimum Gasteiger partial charge on any atom is -0.393 e. The lowest BCUT2D eigenvalue weighted by Crippen LogP contribution is -2.46. The third-order valence-corrected chi connectivity index (χ3v) is 9.34. The van der Waals surface area contributed by atoms with Gasteiger partial charge in [-0.1, -0.05) is 135 Å². The molecule has 0 aromatic carbocycles. The van der Waals surface area contributed by atoms with Crippen molar-refractivity contribution in [3.8, 4) is 0 Å². The zero-order chi connectivity index (χ0) is 32.1. The van der Waals surface area contributed by atoms with E-state index < -0.39 is 0 Å². The number of fused-ring (bicyclic) bond motifs is 1. The third-order valence-electron chi connectivity index (χ3n) is 9.34. The number of allylic oxidation sites excluding steroid dienone is 18. The number of hydrogen-bond acceptors (Lipinski definition) is 3. The second-order valence-electron chi connectivity index (χ2n) is 14.6. The van der Waals surface area contributed by atoms with Crippen molar-refractivity contribution in [1.82, 2.24) is 0 Å². The summed E-state index contributed by atoms with van der Waals surface area (Å²) >= 11 is 0. The summed E-state index contributed by atoms with van der Waals surface area (Å²) in [7, 11) is 0. The number of ether oxygens (including phenoxy) is 1. The monoisotopic (exact) mass is 584 g/mol. The number of aliphatic hydroxyl groups excluding tert-OH is 2. The Morgan fingerprint density at radius 2 is 1.19 bits per heavy atom. The molecule has 0 amide bonds. The molecule has 3 rings (SSSR count). The first-order valence-electron chi connectivity index (χ1n) is 15.9. The van der Waals surface area contributed by atoms with Gasteiger partial charge in [0.2, 0.25) is 0 Å². The molecule has 1 heterocycles. The highest BCUT2D eigenvalue weighted by molar-refractivity contribution is 5.39. The van der Waals surface area contributed by atoms with Crippen molar-refractivity contribution < 1.29 is 14.9 Å². The minimum atomic E-state index is -0.291. The summed E-state index contributed by atoms with van der Waals surface area (Å²) in [6.45, 7) is 21.5. The molecule has 0 spiro atoms. The van der Waals surface area contributed by atoms with E-state index in [1.807, 2.05) is 0 Å². The van der Waals surface area contributed by atoms with Gasteiger partial charge in [-0.05, 0) is 77.9 Å². The van der Waals surface area contributed by atoms with Crippen molar-refractivity contribution in [2.24, 2.45) is 10.8 Å². The largest absolute Gasteiger partial charge is 0.393 e. The van der Waals surface area contributed by atoms with Crippen LogP contribution in [0.15, 0.2) is 119 Å². The molecule has 3 heteroatoms. The summed E-state index contributed by atoms with van der Waals surface area (Å²) in [5, 5.41) is 20.4. The molecule has 3 aliphatic rings. The predicted octanol–water partition coefficient (Wildman–Crippen LogP) is 9.76. The van der Waals surface area contributed by atoms with E-state index in [-0.39, 0.29) is 34.2 Å². The molecule has 0 aromatic rings. The first-order chi connectivity index (χ1) is 20.0. The Labute approximate surface area is 262 Å². The molecule has 3 nitrogen and oxygen atoms in total. The van der Waals surface area contributed by atoms with Crippen molar-refractivity contribution in [3.05, 3.63) is 119 Å². The van der Waals surface area contributed by atoms with E-state index in [1.54, 1.807) is 0 Å². The molecular formula is C40H56O3. The van der Waals surface area contributed by atoms with Gasteiger partial charge in [0, 0.05) is 11.8 Å². The van der Waals surface area contributed by atoms with Crippen LogP contribution in [0, 0.1) is 10.8 Å². The lowest BCUT2D eigenvalue weighted by Gasteiger charge is -2.39. The third kappa shape index (κ3) is 8.91. The second kappa shape index (κ2) is 13.9. The van der Waals surface area contributed by atoms with Crippen LogP contribution in [0.2, 0.25) is 0 Å². The van der Waals surface area contributed by atoms with Crippen LogP contribution in [-0.2, 0) is 4.74 Å². The zero-order valence-corrected chi connectivity index (χ0v) is 28.4. The van der Waals surface area contributed by atoms with Crippen molar-refractivity contribution in [1.29, 1.82) is 0 Å². The standard InChI is InChI=1S/C40H56O3/c1-29(17-13-19-31(3)21-22-36-33(5)25-34(41)26-37(36,6)7)15-11-12-16-30(2)18-14-20-32(4)23-24-40-38(8,9)27-35(42)28-39(40,10)43-40/h11-24,34-35,41-42H,25-28H2,1-10H3/b12-11+,17-13+,18-14+,22-21+,24-23+,29-15-,30-16-,31-19-,32-20-/t34-,35+,39-,40+/m1/s1. The summed E-state index contributed by atoms with van der Waals surface area (Å²) < 4.78 is 6.25. The maximum absolute atomic E-state index is 10.2. The first-order valence-corrected chi connectivity index (χ1v) is 15.9. The number of rotatable bonds is 10. The van der Waals surface area contributed by atoms with Crippen LogP contribution < -0.4 is 0 Å². The van der Waals surface area contributed by atoms with E-state index in [0.717, 1.165) is 19.3 Å². The molecule has 2 fully saturated rings. The van der Waals surface area contributed by atoms with Crippen LogP contribution >= 0.6 is 0 Å². The van der Waals surface area contributed by atoms with Crippen LogP contribution in [0.5, 0.6) is 0 Å². The molecule has 2 N–H and O–H groups in total. The van der Waals surface area contributed by atoms with Gasteiger partial charge in [0.1, 0.15) is 11.2 Å². The summed E-state index contributed by atoms with van der Waals surface area (Å²) in [5.74, 6) is 0. The number of aliphatic hydroxyl groups is 2. The Morgan fingerprint density at radius 3 is 1.72 bits per heavy atom. The fourth-order valence-electron chi connectivity index (χ4n) is 7.06. The topological polar surface area (TPSA) is 53.0 Å². The zero-order valence-electron chi connectivity index (χ0n) is 28.4. The summed E-state index contributed by atoms with van der Waals surface area (Å²) in [6.07, 6.45) is 32.3. The molecule has 2 aliphatic carbocycles. The van der Waals surface area contributed by atoms with Crippen molar-refractivity contribution in [2.45, 2.75) is 118 Å². The first kappa shape index (κ1) is 34.8. The fourth-order valence-corrected chi connectivity index (χ4v) is 7.06. The van der Waals surface area contributed by atoms with E-state index in [2.05, 4.69) is 154 Å². The van der Waals surface area contributed by atoms with Gasteiger partial charge in [-0.2, -0.15) is 0 Å². The maximum atomic E-state index is 10.2. The van der Waals surface area contributed by atoms with Crippen molar-refractivity contribution >= 4 is 0 Å². The van der Waals surface area contributed by atoms with Crippen molar-refractivity contribution in [3.63, 3.8) is 0 Å².